The van der Waals surface area contributed by atoms with Crippen molar-refractivity contribution in [3.63, 3.8) is 0 Å². The summed E-state index contributed by atoms with van der Waals surface area (Å²) in [6, 6.07) is 1.17. The van der Waals surface area contributed by atoms with Gasteiger partial charge in [0, 0.05) is 18.6 Å². The molecule has 1 N–H and O–H groups in total. The van der Waals surface area contributed by atoms with Crippen molar-refractivity contribution in [1.29, 1.82) is 0 Å². The molecular formula is C13H19BrN4O. The normalized spacial score (nSPS) is 22.5. The summed E-state index contributed by atoms with van der Waals surface area (Å²) < 4.78 is 6.07. The van der Waals surface area contributed by atoms with Crippen LogP contribution in [0.25, 0.3) is 0 Å². The third kappa shape index (κ3) is 3.00. The minimum absolute atomic E-state index is 0.568. The van der Waals surface area contributed by atoms with E-state index in [1.807, 2.05) is 0 Å². The van der Waals surface area contributed by atoms with Gasteiger partial charge in [0.2, 0.25) is 11.8 Å². The summed E-state index contributed by atoms with van der Waals surface area (Å²) >= 11 is 3.40. The van der Waals surface area contributed by atoms with Crippen LogP contribution < -0.4 is 15.0 Å². The van der Waals surface area contributed by atoms with E-state index < -0.39 is 0 Å². The molecule has 3 rings (SSSR count). The van der Waals surface area contributed by atoms with E-state index in [2.05, 4.69) is 36.1 Å². The SMILES string of the molecule is COc1nc(N(CC2CCCN2)C2CC2)ncc1Br. The highest BCUT2D eigenvalue weighted by atomic mass is 79.9. The maximum atomic E-state index is 5.27. The minimum atomic E-state index is 0.568. The van der Waals surface area contributed by atoms with Crippen molar-refractivity contribution in [2.24, 2.45) is 0 Å². The Hall–Kier alpha value is -0.880. The van der Waals surface area contributed by atoms with Crippen molar-refractivity contribution in [3.05, 3.63) is 10.7 Å². The Morgan fingerprint density at radius 2 is 2.32 bits per heavy atom. The predicted octanol–water partition coefficient (Wildman–Crippen LogP) is 1.97. The van der Waals surface area contributed by atoms with Gasteiger partial charge >= 0.3 is 0 Å². The van der Waals surface area contributed by atoms with E-state index in [0.717, 1.165) is 23.5 Å². The Balaban J connectivity index is 1.78. The quantitative estimate of drug-likeness (QED) is 0.896. The molecule has 19 heavy (non-hydrogen) atoms. The van der Waals surface area contributed by atoms with Crippen LogP contribution in [0.15, 0.2) is 10.7 Å². The highest BCUT2D eigenvalue weighted by Gasteiger charge is 2.33. The van der Waals surface area contributed by atoms with Gasteiger partial charge in [-0.05, 0) is 48.2 Å². The first-order valence-corrected chi connectivity index (χ1v) is 7.64. The van der Waals surface area contributed by atoms with Crippen LogP contribution >= 0.6 is 15.9 Å². The van der Waals surface area contributed by atoms with Crippen molar-refractivity contribution in [2.45, 2.75) is 37.8 Å². The van der Waals surface area contributed by atoms with Crippen LogP contribution in [0.2, 0.25) is 0 Å². The average Bonchev–Trinajstić information content (AvgIpc) is 3.14. The number of methoxy groups -OCH3 is 1. The molecular weight excluding hydrogens is 308 g/mol. The summed E-state index contributed by atoms with van der Waals surface area (Å²) in [5.41, 5.74) is 0. The molecule has 2 fully saturated rings. The molecule has 6 heteroatoms. The summed E-state index contributed by atoms with van der Waals surface area (Å²) in [5, 5.41) is 3.54. The minimum Gasteiger partial charge on any atom is -0.480 e. The lowest BCUT2D eigenvalue weighted by Crippen LogP contribution is -2.39. The zero-order valence-corrected chi connectivity index (χ0v) is 12.7. The van der Waals surface area contributed by atoms with Gasteiger partial charge in [-0.25, -0.2) is 4.98 Å². The Morgan fingerprint density at radius 1 is 1.47 bits per heavy atom. The number of ether oxygens (including phenoxy) is 1. The number of rotatable bonds is 5. The third-order valence-corrected chi connectivity index (χ3v) is 4.26. The van der Waals surface area contributed by atoms with Crippen LogP contribution in [0.5, 0.6) is 5.88 Å². The molecule has 2 heterocycles. The Kier molecular flexibility index (Phi) is 3.88. The first-order chi connectivity index (χ1) is 9.28. The van der Waals surface area contributed by atoms with Gasteiger partial charge in [-0.3, -0.25) is 0 Å². The molecule has 1 aromatic rings. The van der Waals surface area contributed by atoms with E-state index in [1.54, 1.807) is 13.3 Å². The maximum absolute atomic E-state index is 5.27. The lowest BCUT2D eigenvalue weighted by molar-refractivity contribution is 0.393. The van der Waals surface area contributed by atoms with Crippen LogP contribution in [0, 0.1) is 0 Å². The zero-order chi connectivity index (χ0) is 13.2. The van der Waals surface area contributed by atoms with Crippen LogP contribution in [0.1, 0.15) is 25.7 Å². The fourth-order valence-electron chi connectivity index (χ4n) is 2.55. The van der Waals surface area contributed by atoms with Crippen molar-refractivity contribution in [1.82, 2.24) is 15.3 Å². The largest absolute Gasteiger partial charge is 0.480 e. The number of anilines is 1. The molecule has 5 nitrogen and oxygen atoms in total. The second kappa shape index (κ2) is 5.63. The topological polar surface area (TPSA) is 50.3 Å². The second-order valence-electron chi connectivity index (χ2n) is 5.20. The van der Waals surface area contributed by atoms with Gasteiger partial charge in [0.15, 0.2) is 0 Å². The van der Waals surface area contributed by atoms with Crippen LogP contribution in [0.3, 0.4) is 0 Å². The molecule has 0 aromatic carbocycles. The molecule has 1 aliphatic heterocycles. The number of hydrogen-bond donors (Lipinski definition) is 1. The smallest absolute Gasteiger partial charge is 0.232 e. The van der Waals surface area contributed by atoms with Crippen LogP contribution in [-0.2, 0) is 0 Å². The molecule has 0 amide bonds. The number of hydrogen-bond acceptors (Lipinski definition) is 5. The van der Waals surface area contributed by atoms with E-state index in [1.165, 1.54) is 25.7 Å². The molecule has 104 valence electrons. The molecule has 0 radical (unpaired) electrons. The first kappa shape index (κ1) is 13.1. The lowest BCUT2D eigenvalue weighted by Gasteiger charge is -2.26. The van der Waals surface area contributed by atoms with Crippen molar-refractivity contribution >= 4 is 21.9 Å². The van der Waals surface area contributed by atoms with E-state index in [9.17, 15) is 0 Å². The summed E-state index contributed by atoms with van der Waals surface area (Å²) in [7, 11) is 1.64. The van der Waals surface area contributed by atoms with Gasteiger partial charge in [-0.2, -0.15) is 4.98 Å². The molecule has 1 atom stereocenters. The van der Waals surface area contributed by atoms with Crippen LogP contribution in [0.4, 0.5) is 5.95 Å². The van der Waals surface area contributed by atoms with Crippen molar-refractivity contribution < 1.29 is 4.74 Å². The van der Waals surface area contributed by atoms with Gasteiger partial charge in [0.05, 0.1) is 17.8 Å². The summed E-state index contributed by atoms with van der Waals surface area (Å²) in [6.07, 6.45) is 6.78. The van der Waals surface area contributed by atoms with E-state index in [0.29, 0.717) is 18.0 Å². The second-order valence-corrected chi connectivity index (χ2v) is 6.06. The van der Waals surface area contributed by atoms with Crippen LogP contribution in [-0.4, -0.2) is 42.3 Å². The molecule has 1 aliphatic carbocycles. The Labute approximate surface area is 121 Å². The average molecular weight is 327 g/mol. The summed E-state index contributed by atoms with van der Waals surface area (Å²) in [4.78, 5) is 11.3. The molecule has 1 saturated carbocycles. The van der Waals surface area contributed by atoms with Gasteiger partial charge in [-0.15, -0.1) is 0 Å². The monoisotopic (exact) mass is 326 g/mol. The van der Waals surface area contributed by atoms with Crippen molar-refractivity contribution in [2.75, 3.05) is 25.1 Å². The van der Waals surface area contributed by atoms with Gasteiger partial charge in [0.25, 0.3) is 0 Å². The Bertz CT molecular complexity index is 446. The fourth-order valence-corrected chi connectivity index (χ4v) is 2.91. The maximum Gasteiger partial charge on any atom is 0.232 e. The Morgan fingerprint density at radius 3 is 2.95 bits per heavy atom. The third-order valence-electron chi connectivity index (χ3n) is 3.72. The molecule has 1 saturated heterocycles. The molecule has 0 bridgehead atoms. The zero-order valence-electron chi connectivity index (χ0n) is 11.1. The number of nitrogens with one attached hydrogen (secondary N) is 1. The number of aromatic nitrogens is 2. The highest BCUT2D eigenvalue weighted by molar-refractivity contribution is 9.10. The first-order valence-electron chi connectivity index (χ1n) is 6.84. The van der Waals surface area contributed by atoms with Gasteiger partial charge in [-0.1, -0.05) is 0 Å². The van der Waals surface area contributed by atoms with Crippen molar-refractivity contribution in [3.8, 4) is 5.88 Å². The molecule has 1 unspecified atom stereocenters. The number of nitrogens with zero attached hydrogens (tertiary/aromatic N) is 3. The van der Waals surface area contributed by atoms with Gasteiger partial charge < -0.3 is 15.0 Å². The summed E-state index contributed by atoms with van der Waals surface area (Å²) in [5.74, 6) is 1.39. The van der Waals surface area contributed by atoms with E-state index in [4.69, 9.17) is 4.74 Å². The molecule has 0 spiro atoms. The van der Waals surface area contributed by atoms with E-state index in [-0.39, 0.29) is 0 Å². The van der Waals surface area contributed by atoms with Gasteiger partial charge in [0.1, 0.15) is 0 Å². The fraction of sp³-hybridized carbons (Fsp3) is 0.692. The highest BCUT2D eigenvalue weighted by Crippen LogP contribution is 2.32. The molecule has 2 aliphatic rings. The summed E-state index contributed by atoms with van der Waals surface area (Å²) in [6.45, 7) is 2.13. The number of halogens is 1. The molecule has 1 aromatic heterocycles. The van der Waals surface area contributed by atoms with E-state index >= 15 is 0 Å². The predicted molar refractivity (Wildman–Crippen MR) is 77.7 cm³/mol. The lowest BCUT2D eigenvalue weighted by atomic mass is 10.2. The standard InChI is InChI=1S/C13H19BrN4O/c1-19-12-11(14)7-16-13(17-12)18(10-4-5-10)8-9-3-2-6-15-9/h7,9-10,15H,2-6,8H2,1H3.